The second-order valence-electron chi connectivity index (χ2n) is 4.67. The summed E-state index contributed by atoms with van der Waals surface area (Å²) in [5.74, 6) is 1.56. The third kappa shape index (κ3) is 2.26. The van der Waals surface area contributed by atoms with Crippen molar-refractivity contribution >= 4 is 5.69 Å². The number of anilines is 1. The van der Waals surface area contributed by atoms with Gasteiger partial charge in [0.1, 0.15) is 6.07 Å². The van der Waals surface area contributed by atoms with Gasteiger partial charge in [0.05, 0.1) is 11.3 Å². The van der Waals surface area contributed by atoms with E-state index in [9.17, 15) is 0 Å². The van der Waals surface area contributed by atoms with E-state index in [4.69, 9.17) is 14.7 Å². The Hall–Kier alpha value is -2.67. The molecule has 0 aromatic heterocycles. The smallest absolute Gasteiger partial charge is 0.231 e. The van der Waals surface area contributed by atoms with Crippen LogP contribution in [0.5, 0.6) is 11.5 Å². The van der Waals surface area contributed by atoms with Crippen molar-refractivity contribution in [3.8, 4) is 17.6 Å². The lowest BCUT2D eigenvalue weighted by Gasteiger charge is -2.11. The lowest BCUT2D eigenvalue weighted by molar-refractivity contribution is 0.173. The Labute approximate surface area is 117 Å². The maximum atomic E-state index is 9.13. The first-order chi connectivity index (χ1) is 9.78. The summed E-state index contributed by atoms with van der Waals surface area (Å²) in [6.45, 7) is 2.86. The maximum Gasteiger partial charge on any atom is 0.231 e. The van der Waals surface area contributed by atoms with E-state index in [0.717, 1.165) is 28.3 Å². The third-order valence-corrected chi connectivity index (χ3v) is 3.24. The minimum absolute atomic E-state index is 0.264. The van der Waals surface area contributed by atoms with Gasteiger partial charge < -0.3 is 14.8 Å². The second kappa shape index (κ2) is 5.14. The van der Waals surface area contributed by atoms with Gasteiger partial charge in [-0.25, -0.2) is 0 Å². The van der Waals surface area contributed by atoms with Crippen molar-refractivity contribution in [2.45, 2.75) is 13.5 Å². The van der Waals surface area contributed by atoms with Crippen LogP contribution < -0.4 is 14.8 Å². The molecule has 0 saturated heterocycles. The van der Waals surface area contributed by atoms with Crippen LogP contribution in [-0.4, -0.2) is 6.79 Å². The van der Waals surface area contributed by atoms with Gasteiger partial charge in [-0.1, -0.05) is 18.2 Å². The summed E-state index contributed by atoms with van der Waals surface area (Å²) in [6, 6.07) is 13.7. The van der Waals surface area contributed by atoms with Crippen LogP contribution in [0.4, 0.5) is 5.69 Å². The van der Waals surface area contributed by atoms with E-state index in [0.29, 0.717) is 12.1 Å². The summed E-state index contributed by atoms with van der Waals surface area (Å²) in [5, 5.41) is 12.4. The summed E-state index contributed by atoms with van der Waals surface area (Å²) in [4.78, 5) is 0. The SMILES string of the molecule is Cc1ccc(C#N)c(NCc2cccc3c2OCO3)c1. The number of para-hydroxylation sites is 1. The number of nitrogens with zero attached hydrogens (tertiary/aromatic N) is 1. The molecule has 0 fully saturated rings. The van der Waals surface area contributed by atoms with Crippen LogP contribution in [0.3, 0.4) is 0 Å². The van der Waals surface area contributed by atoms with E-state index in [1.165, 1.54) is 0 Å². The van der Waals surface area contributed by atoms with E-state index in [1.807, 2.05) is 43.3 Å². The molecule has 0 atom stereocenters. The first-order valence-corrected chi connectivity index (χ1v) is 6.40. The maximum absolute atomic E-state index is 9.13. The van der Waals surface area contributed by atoms with Crippen molar-refractivity contribution in [1.29, 1.82) is 5.26 Å². The molecule has 2 aromatic carbocycles. The highest BCUT2D eigenvalue weighted by atomic mass is 16.7. The van der Waals surface area contributed by atoms with Crippen LogP contribution in [0.2, 0.25) is 0 Å². The fourth-order valence-corrected chi connectivity index (χ4v) is 2.22. The molecule has 2 aromatic rings. The Balaban J connectivity index is 1.83. The number of benzene rings is 2. The highest BCUT2D eigenvalue weighted by molar-refractivity contribution is 5.59. The number of nitrogens with one attached hydrogen (secondary N) is 1. The first kappa shape index (κ1) is 12.4. The molecule has 1 heterocycles. The molecule has 0 bridgehead atoms. The lowest BCUT2D eigenvalue weighted by atomic mass is 10.1. The monoisotopic (exact) mass is 266 g/mol. The molecular formula is C16H14N2O2. The Morgan fingerprint density at radius 2 is 2.15 bits per heavy atom. The van der Waals surface area contributed by atoms with Gasteiger partial charge in [0.25, 0.3) is 0 Å². The number of nitriles is 1. The zero-order valence-corrected chi connectivity index (χ0v) is 11.1. The molecule has 3 rings (SSSR count). The molecule has 4 nitrogen and oxygen atoms in total. The molecule has 0 saturated carbocycles. The number of ether oxygens (including phenoxy) is 2. The van der Waals surface area contributed by atoms with Gasteiger partial charge in [-0.05, 0) is 30.7 Å². The molecule has 1 N–H and O–H groups in total. The lowest BCUT2D eigenvalue weighted by Crippen LogP contribution is -2.03. The van der Waals surface area contributed by atoms with Crippen LogP contribution >= 0.6 is 0 Å². The van der Waals surface area contributed by atoms with Crippen LogP contribution in [0.1, 0.15) is 16.7 Å². The van der Waals surface area contributed by atoms with Crippen molar-refractivity contribution in [2.75, 3.05) is 12.1 Å². The number of rotatable bonds is 3. The Bertz CT molecular complexity index is 689. The molecule has 0 amide bonds. The van der Waals surface area contributed by atoms with E-state index < -0.39 is 0 Å². The van der Waals surface area contributed by atoms with Crippen LogP contribution in [0.15, 0.2) is 36.4 Å². The van der Waals surface area contributed by atoms with Gasteiger partial charge in [0, 0.05) is 12.1 Å². The van der Waals surface area contributed by atoms with E-state index in [2.05, 4.69) is 11.4 Å². The predicted molar refractivity (Wildman–Crippen MR) is 75.8 cm³/mol. The van der Waals surface area contributed by atoms with Gasteiger partial charge in [0.15, 0.2) is 11.5 Å². The number of fused-ring (bicyclic) bond motifs is 1. The molecular weight excluding hydrogens is 252 g/mol. The zero-order valence-electron chi connectivity index (χ0n) is 11.1. The predicted octanol–water partition coefficient (Wildman–Crippen LogP) is 3.21. The fourth-order valence-electron chi connectivity index (χ4n) is 2.22. The van der Waals surface area contributed by atoms with Crippen LogP contribution in [0.25, 0.3) is 0 Å². The average molecular weight is 266 g/mol. The minimum Gasteiger partial charge on any atom is -0.454 e. The molecule has 4 heteroatoms. The van der Waals surface area contributed by atoms with Gasteiger partial charge in [-0.15, -0.1) is 0 Å². The molecule has 0 unspecified atom stereocenters. The highest BCUT2D eigenvalue weighted by Crippen LogP contribution is 2.35. The molecule has 0 spiro atoms. The second-order valence-corrected chi connectivity index (χ2v) is 4.67. The topological polar surface area (TPSA) is 54.3 Å². The Morgan fingerprint density at radius 3 is 3.00 bits per heavy atom. The summed E-state index contributed by atoms with van der Waals surface area (Å²) < 4.78 is 10.8. The van der Waals surface area contributed by atoms with Crippen LogP contribution in [0, 0.1) is 18.3 Å². The zero-order chi connectivity index (χ0) is 13.9. The van der Waals surface area contributed by atoms with Crippen molar-refractivity contribution in [1.82, 2.24) is 0 Å². The van der Waals surface area contributed by atoms with Gasteiger partial charge in [-0.3, -0.25) is 0 Å². The van der Waals surface area contributed by atoms with Gasteiger partial charge >= 0.3 is 0 Å². The summed E-state index contributed by atoms with van der Waals surface area (Å²) in [5.41, 5.74) is 3.61. The molecule has 0 aliphatic carbocycles. The molecule has 20 heavy (non-hydrogen) atoms. The largest absolute Gasteiger partial charge is 0.454 e. The van der Waals surface area contributed by atoms with E-state index in [1.54, 1.807) is 0 Å². The van der Waals surface area contributed by atoms with E-state index in [-0.39, 0.29) is 6.79 Å². The van der Waals surface area contributed by atoms with Crippen molar-refractivity contribution in [2.24, 2.45) is 0 Å². The number of hydrogen-bond acceptors (Lipinski definition) is 4. The van der Waals surface area contributed by atoms with Crippen molar-refractivity contribution in [3.63, 3.8) is 0 Å². The minimum atomic E-state index is 0.264. The quantitative estimate of drug-likeness (QED) is 0.926. The molecule has 1 aliphatic rings. The normalized spacial score (nSPS) is 12.0. The number of aryl methyl sites for hydroxylation is 1. The highest BCUT2D eigenvalue weighted by Gasteiger charge is 2.17. The molecule has 100 valence electrons. The molecule has 1 aliphatic heterocycles. The van der Waals surface area contributed by atoms with Gasteiger partial charge in [0.2, 0.25) is 6.79 Å². The Kier molecular flexibility index (Phi) is 3.18. The summed E-state index contributed by atoms with van der Waals surface area (Å²) >= 11 is 0. The summed E-state index contributed by atoms with van der Waals surface area (Å²) in [6.07, 6.45) is 0. The fraction of sp³-hybridized carbons (Fsp3) is 0.188. The first-order valence-electron chi connectivity index (χ1n) is 6.40. The standard InChI is InChI=1S/C16H14N2O2/c1-11-5-6-12(8-17)14(7-11)18-9-13-3-2-4-15-16(13)20-10-19-15/h2-7,18H,9-10H2,1H3. The van der Waals surface area contributed by atoms with Gasteiger partial charge in [-0.2, -0.15) is 5.26 Å². The van der Waals surface area contributed by atoms with Crippen LogP contribution in [-0.2, 0) is 6.54 Å². The molecule has 0 radical (unpaired) electrons. The number of hydrogen-bond donors (Lipinski definition) is 1. The van der Waals surface area contributed by atoms with Crippen molar-refractivity contribution in [3.05, 3.63) is 53.1 Å². The average Bonchev–Trinajstić information content (AvgIpc) is 2.94. The van der Waals surface area contributed by atoms with E-state index >= 15 is 0 Å². The summed E-state index contributed by atoms with van der Waals surface area (Å²) in [7, 11) is 0. The van der Waals surface area contributed by atoms with Crippen molar-refractivity contribution < 1.29 is 9.47 Å². The Morgan fingerprint density at radius 1 is 1.25 bits per heavy atom. The third-order valence-electron chi connectivity index (χ3n) is 3.24.